The van der Waals surface area contributed by atoms with Crippen molar-refractivity contribution in [1.82, 2.24) is 0 Å². The number of hydrogen-bond acceptors (Lipinski definition) is 14. The Morgan fingerprint density at radius 2 is 0.870 bits per heavy atom. The van der Waals surface area contributed by atoms with E-state index in [0.717, 1.165) is 0 Å². The van der Waals surface area contributed by atoms with Gasteiger partial charge in [0.1, 0.15) is 11.2 Å². The normalized spacial score (nSPS) is 19.9. The van der Waals surface area contributed by atoms with Gasteiger partial charge in [0.15, 0.2) is 15.2 Å². The van der Waals surface area contributed by atoms with Crippen LogP contribution in [-0.4, -0.2) is 35.6 Å². The molecule has 0 bridgehead atoms. The van der Waals surface area contributed by atoms with Crippen molar-refractivity contribution >= 4 is 30.4 Å². The van der Waals surface area contributed by atoms with Gasteiger partial charge in [-0.1, -0.05) is 0 Å². The van der Waals surface area contributed by atoms with Crippen molar-refractivity contribution in [3.05, 3.63) is 0 Å². The summed E-state index contributed by atoms with van der Waals surface area (Å²) in [6.45, 7) is 0. The summed E-state index contributed by atoms with van der Waals surface area (Å²) < 4.78 is 47.7. The van der Waals surface area contributed by atoms with Crippen LogP contribution in [0.15, 0.2) is 0 Å². The largest absolute Gasteiger partial charge is 0.809 e. The molecule has 0 rings (SSSR count). The molecular formula is C4H10O14P4U-6. The average molecular weight is 644 g/mol. The van der Waals surface area contributed by atoms with E-state index in [0.29, 0.717) is 14.2 Å². The van der Waals surface area contributed by atoms with Gasteiger partial charge in [0.25, 0.3) is 0 Å². The third-order valence-corrected chi connectivity index (χ3v) is 8.32. The zero-order valence-corrected chi connectivity index (χ0v) is 19.0. The van der Waals surface area contributed by atoms with Crippen LogP contribution < -0.4 is 29.4 Å². The van der Waals surface area contributed by atoms with Crippen molar-refractivity contribution in [3.8, 4) is 0 Å². The molecule has 0 heterocycles. The number of hydrogen-bond donors (Lipinski definition) is 2. The van der Waals surface area contributed by atoms with Crippen LogP contribution in [0.4, 0.5) is 0 Å². The molecule has 23 heavy (non-hydrogen) atoms. The monoisotopic (exact) mass is 644 g/mol. The van der Waals surface area contributed by atoms with Crippen molar-refractivity contribution in [2.45, 2.75) is 11.2 Å². The Labute approximate surface area is 153 Å². The van der Waals surface area contributed by atoms with Crippen LogP contribution in [0.25, 0.3) is 0 Å². The third kappa shape index (κ3) is 11.0. The summed E-state index contributed by atoms with van der Waals surface area (Å²) in [6, 6.07) is 0. The molecule has 0 aromatic carbocycles. The zero-order chi connectivity index (χ0) is 18.6. The smallest absolute Gasteiger partial charge is 0.168 e. The fourth-order valence-electron chi connectivity index (χ4n) is 0.535. The molecule has 0 aromatic rings. The summed E-state index contributed by atoms with van der Waals surface area (Å²) in [5.74, 6) is 0. The first kappa shape index (κ1) is 29.3. The fraction of sp³-hybridized carbons (Fsp3) is 1.00. The molecule has 0 aliphatic rings. The predicted octanol–water partition coefficient (Wildman–Crippen LogP) is -5.25. The molecule has 4 atom stereocenters. The molecular weight excluding hydrogens is 634 g/mol. The van der Waals surface area contributed by atoms with Crippen LogP contribution in [0, 0.1) is 31.1 Å². The first-order valence-corrected chi connectivity index (χ1v) is 11.0. The Kier molecular flexibility index (Phi) is 13.6. The van der Waals surface area contributed by atoms with Crippen molar-refractivity contribution in [3.63, 3.8) is 0 Å². The molecule has 14 nitrogen and oxygen atoms in total. The molecule has 0 radical (unpaired) electrons. The maximum absolute atomic E-state index is 10.3. The van der Waals surface area contributed by atoms with E-state index in [1.165, 1.54) is 0 Å². The topological polar surface area (TPSA) is 266 Å². The van der Waals surface area contributed by atoms with Crippen LogP contribution in [0.5, 0.6) is 0 Å². The van der Waals surface area contributed by atoms with Gasteiger partial charge in [-0.3, -0.25) is 0 Å². The molecule has 0 saturated heterocycles. The van der Waals surface area contributed by atoms with E-state index in [9.17, 15) is 47.6 Å². The van der Waals surface area contributed by atoms with Gasteiger partial charge in [0.2, 0.25) is 0 Å². The van der Waals surface area contributed by atoms with Crippen LogP contribution in [0.1, 0.15) is 0 Å². The Morgan fingerprint density at radius 1 is 0.696 bits per heavy atom. The second kappa shape index (κ2) is 10.7. The first-order valence-electron chi connectivity index (χ1n) is 4.56. The summed E-state index contributed by atoms with van der Waals surface area (Å²) in [4.78, 5) is 60.3. The second-order valence-electron chi connectivity index (χ2n) is 3.22. The van der Waals surface area contributed by atoms with Crippen molar-refractivity contribution in [2.24, 2.45) is 0 Å². The molecule has 2 N–H and O–H groups in total. The summed E-state index contributed by atoms with van der Waals surface area (Å²) >= 11 is 0. The summed E-state index contributed by atoms with van der Waals surface area (Å²) in [6.07, 6.45) is 0. The van der Waals surface area contributed by atoms with Crippen LogP contribution in [0.3, 0.4) is 0 Å². The van der Waals surface area contributed by atoms with Crippen molar-refractivity contribution in [1.29, 1.82) is 0 Å². The van der Waals surface area contributed by atoms with Gasteiger partial charge in [-0.05, 0) is 15.2 Å². The minimum absolute atomic E-state index is 0. The van der Waals surface area contributed by atoms with Gasteiger partial charge < -0.3 is 66.9 Å². The maximum Gasteiger partial charge on any atom is 0.168 e. The van der Waals surface area contributed by atoms with Gasteiger partial charge in [-0.25, -0.2) is 0 Å². The minimum Gasteiger partial charge on any atom is -0.809 e. The van der Waals surface area contributed by atoms with E-state index in [1.807, 2.05) is 0 Å². The fourth-order valence-corrected chi connectivity index (χ4v) is 4.25. The van der Waals surface area contributed by atoms with Crippen LogP contribution in [0.2, 0.25) is 0 Å². The Balaban J connectivity index is -0.000000333. The Hall–Kier alpha value is 1.57. The van der Waals surface area contributed by atoms with Crippen LogP contribution in [-0.2, 0) is 27.3 Å². The molecule has 4 unspecified atom stereocenters. The summed E-state index contributed by atoms with van der Waals surface area (Å²) in [5, 5.41) is 16.6. The van der Waals surface area contributed by atoms with E-state index >= 15 is 0 Å². The third-order valence-electron chi connectivity index (χ3n) is 1.64. The number of aliphatic hydroxyl groups is 2. The molecule has 0 aliphatic heterocycles. The molecule has 19 heteroatoms. The molecule has 140 valence electrons. The van der Waals surface area contributed by atoms with Crippen molar-refractivity contribution < 1.29 is 98.0 Å². The Bertz CT molecular complexity index is 487. The van der Waals surface area contributed by atoms with Crippen LogP contribution >= 0.6 is 30.4 Å². The molecule has 0 spiro atoms. The Morgan fingerprint density at radius 3 is 0.913 bits per heavy atom. The van der Waals surface area contributed by atoms with E-state index in [4.69, 9.17) is 10.2 Å². The number of aliphatic hydroxyl groups excluding tert-OH is 2. The first-order chi connectivity index (χ1) is 9.43. The molecule has 0 aliphatic carbocycles. The van der Waals surface area contributed by atoms with Gasteiger partial charge >= 0.3 is 0 Å². The standard InChI is InChI=1S/2C2H8O7P2.U/c2*1-9-11(7,8)2(3)10(4,5)6;/h2*2-3H,1H3,(H,7,8)(H2,4,5,6);/p-6. The van der Waals surface area contributed by atoms with E-state index < -0.39 is 41.6 Å². The zero-order valence-electron chi connectivity index (χ0n) is 11.2. The summed E-state index contributed by atoms with van der Waals surface area (Å²) in [7, 11) is -19.7. The molecule has 0 saturated carbocycles. The molecule has 0 fully saturated rings. The van der Waals surface area contributed by atoms with E-state index in [2.05, 4.69) is 9.05 Å². The summed E-state index contributed by atoms with van der Waals surface area (Å²) in [5.41, 5.74) is -6.00. The van der Waals surface area contributed by atoms with Crippen molar-refractivity contribution in [2.75, 3.05) is 14.2 Å². The predicted molar refractivity (Wildman–Crippen MR) is 56.5 cm³/mol. The molecule has 0 aromatic heterocycles. The second-order valence-corrected chi connectivity index (χ2v) is 11.0. The van der Waals surface area contributed by atoms with Gasteiger partial charge in [-0.15, -0.1) is 0 Å². The molecule has 0 amide bonds. The maximum atomic E-state index is 10.3. The quantitative estimate of drug-likeness (QED) is 0.256. The average Bonchev–Trinajstić information content (AvgIpc) is 2.35. The van der Waals surface area contributed by atoms with Gasteiger partial charge in [0.05, 0.1) is 0 Å². The van der Waals surface area contributed by atoms with E-state index in [-0.39, 0.29) is 31.1 Å². The van der Waals surface area contributed by atoms with Gasteiger partial charge in [-0.2, -0.15) is 0 Å². The van der Waals surface area contributed by atoms with Gasteiger partial charge in [0, 0.05) is 45.3 Å². The van der Waals surface area contributed by atoms with E-state index in [1.54, 1.807) is 0 Å². The minimum atomic E-state index is -5.54. The number of rotatable bonds is 6. The SMILES string of the molecule is COP(=O)([O-])C(O)P(=O)([O-])[O-].COP(=O)([O-])C(O)P(=O)([O-])[O-].[U].